The lowest BCUT2D eigenvalue weighted by Crippen LogP contribution is -2.37. The van der Waals surface area contributed by atoms with Crippen LogP contribution in [0.25, 0.3) is 0 Å². The van der Waals surface area contributed by atoms with Crippen LogP contribution in [0, 0.1) is 5.92 Å². The summed E-state index contributed by atoms with van der Waals surface area (Å²) in [5, 5.41) is 14.8. The molecule has 1 aliphatic rings. The summed E-state index contributed by atoms with van der Waals surface area (Å²) in [6, 6.07) is 0.0633. The van der Waals surface area contributed by atoms with E-state index in [0.29, 0.717) is 18.8 Å². The van der Waals surface area contributed by atoms with Gasteiger partial charge in [-0.2, -0.15) is 0 Å². The Balaban J connectivity index is 2.12. The van der Waals surface area contributed by atoms with Crippen molar-refractivity contribution >= 4 is 11.9 Å². The van der Waals surface area contributed by atoms with E-state index < -0.39 is 5.97 Å². The Morgan fingerprint density at radius 2 is 2.28 bits per heavy atom. The average Bonchev–Trinajstić information content (AvgIpc) is 2.29. The number of rotatable bonds is 7. The fourth-order valence-corrected chi connectivity index (χ4v) is 2.33. The highest BCUT2D eigenvalue weighted by atomic mass is 16.4. The zero-order chi connectivity index (χ0) is 13.4. The van der Waals surface area contributed by atoms with Crippen LogP contribution in [-0.2, 0) is 9.59 Å². The molecule has 1 saturated heterocycles. The van der Waals surface area contributed by atoms with Gasteiger partial charge in [0.15, 0.2) is 0 Å². The van der Waals surface area contributed by atoms with Crippen molar-refractivity contribution in [1.82, 2.24) is 10.6 Å². The molecule has 2 unspecified atom stereocenters. The molecule has 1 aliphatic heterocycles. The van der Waals surface area contributed by atoms with Gasteiger partial charge in [-0.25, -0.2) is 0 Å². The Morgan fingerprint density at radius 1 is 1.50 bits per heavy atom. The molecule has 1 amide bonds. The second kappa shape index (κ2) is 8.08. The minimum absolute atomic E-state index is 0.0633. The van der Waals surface area contributed by atoms with Crippen LogP contribution in [0.5, 0.6) is 0 Å². The first-order valence-corrected chi connectivity index (χ1v) is 6.80. The van der Waals surface area contributed by atoms with Gasteiger partial charge in [0.1, 0.15) is 0 Å². The normalized spacial score (nSPS) is 21.3. The van der Waals surface area contributed by atoms with Gasteiger partial charge in [-0.3, -0.25) is 9.59 Å². The Kier molecular flexibility index (Phi) is 6.72. The summed E-state index contributed by atoms with van der Waals surface area (Å²) in [6.45, 7) is 3.92. The molecule has 0 aliphatic carbocycles. The van der Waals surface area contributed by atoms with Crippen molar-refractivity contribution in [1.29, 1.82) is 0 Å². The molecule has 3 N–H and O–H groups in total. The molecule has 104 valence electrons. The number of aliphatic carboxylic acids is 1. The molecule has 1 rings (SSSR count). The third-order valence-electron chi connectivity index (χ3n) is 3.31. The van der Waals surface area contributed by atoms with Gasteiger partial charge in [0.05, 0.1) is 0 Å². The Morgan fingerprint density at radius 3 is 2.89 bits per heavy atom. The largest absolute Gasteiger partial charge is 0.481 e. The highest BCUT2D eigenvalue weighted by molar-refractivity contribution is 5.76. The minimum atomic E-state index is -0.776. The van der Waals surface area contributed by atoms with E-state index in [1.54, 1.807) is 0 Å². The highest BCUT2D eigenvalue weighted by Crippen LogP contribution is 2.14. The standard InChI is InChI=1S/C13H24N2O3/c1-10(4-2-6-13(17)18)15-12(16)8-11-5-3-7-14-9-11/h10-11,14H,2-9H2,1H3,(H,15,16)(H,17,18). The monoisotopic (exact) mass is 256 g/mol. The molecule has 5 heteroatoms. The molecule has 18 heavy (non-hydrogen) atoms. The molecule has 0 aromatic heterocycles. The second-order valence-corrected chi connectivity index (χ2v) is 5.17. The quantitative estimate of drug-likeness (QED) is 0.638. The van der Waals surface area contributed by atoms with Gasteiger partial charge in [-0.1, -0.05) is 0 Å². The predicted octanol–water partition coefficient (Wildman–Crippen LogP) is 1.14. The molecule has 1 fully saturated rings. The maximum absolute atomic E-state index is 11.8. The molecule has 0 aromatic rings. The lowest BCUT2D eigenvalue weighted by atomic mass is 9.96. The van der Waals surface area contributed by atoms with Crippen LogP contribution in [0.1, 0.15) is 45.4 Å². The number of hydrogen-bond acceptors (Lipinski definition) is 3. The zero-order valence-corrected chi connectivity index (χ0v) is 11.1. The second-order valence-electron chi connectivity index (χ2n) is 5.17. The van der Waals surface area contributed by atoms with E-state index in [9.17, 15) is 9.59 Å². The topological polar surface area (TPSA) is 78.4 Å². The summed E-state index contributed by atoms with van der Waals surface area (Å²) in [4.78, 5) is 22.1. The van der Waals surface area contributed by atoms with E-state index in [1.165, 1.54) is 0 Å². The molecule has 5 nitrogen and oxygen atoms in total. The van der Waals surface area contributed by atoms with Crippen molar-refractivity contribution < 1.29 is 14.7 Å². The predicted molar refractivity (Wildman–Crippen MR) is 69.3 cm³/mol. The Labute approximate surface area is 108 Å². The third-order valence-corrected chi connectivity index (χ3v) is 3.31. The number of nitrogens with one attached hydrogen (secondary N) is 2. The number of piperidine rings is 1. The molecule has 0 spiro atoms. The van der Waals surface area contributed by atoms with Gasteiger partial charge in [0.25, 0.3) is 0 Å². The first-order valence-electron chi connectivity index (χ1n) is 6.80. The van der Waals surface area contributed by atoms with Crippen molar-refractivity contribution in [3.8, 4) is 0 Å². The first kappa shape index (κ1) is 15.0. The number of carbonyl (C=O) groups is 2. The van der Waals surface area contributed by atoms with E-state index >= 15 is 0 Å². The number of amides is 1. The van der Waals surface area contributed by atoms with Gasteiger partial charge >= 0.3 is 5.97 Å². The van der Waals surface area contributed by atoms with Crippen molar-refractivity contribution in [2.45, 2.75) is 51.5 Å². The number of carboxylic acid groups (broad SMARTS) is 1. The van der Waals surface area contributed by atoms with Crippen molar-refractivity contribution in [3.63, 3.8) is 0 Å². The van der Waals surface area contributed by atoms with E-state index in [1.807, 2.05) is 6.92 Å². The Bertz CT molecular complexity index is 275. The fourth-order valence-electron chi connectivity index (χ4n) is 2.33. The average molecular weight is 256 g/mol. The van der Waals surface area contributed by atoms with Gasteiger partial charge in [0, 0.05) is 18.9 Å². The smallest absolute Gasteiger partial charge is 0.303 e. The molecule has 0 radical (unpaired) electrons. The third kappa shape index (κ3) is 6.59. The summed E-state index contributed by atoms with van der Waals surface area (Å²) < 4.78 is 0. The molecular formula is C13H24N2O3. The fraction of sp³-hybridized carbons (Fsp3) is 0.846. The van der Waals surface area contributed by atoms with E-state index in [4.69, 9.17) is 5.11 Å². The summed E-state index contributed by atoms with van der Waals surface area (Å²) >= 11 is 0. The van der Waals surface area contributed by atoms with Crippen LogP contribution in [0.4, 0.5) is 0 Å². The number of carbonyl (C=O) groups excluding carboxylic acids is 1. The van der Waals surface area contributed by atoms with Gasteiger partial charge in [0.2, 0.25) is 5.91 Å². The zero-order valence-electron chi connectivity index (χ0n) is 11.1. The van der Waals surface area contributed by atoms with Crippen LogP contribution >= 0.6 is 0 Å². The number of hydrogen-bond donors (Lipinski definition) is 3. The van der Waals surface area contributed by atoms with Crippen LogP contribution in [0.15, 0.2) is 0 Å². The SMILES string of the molecule is CC(CCCC(=O)O)NC(=O)CC1CCCNC1. The molecule has 0 aromatic carbocycles. The van der Waals surface area contributed by atoms with E-state index in [-0.39, 0.29) is 18.4 Å². The highest BCUT2D eigenvalue weighted by Gasteiger charge is 2.17. The van der Waals surface area contributed by atoms with Crippen molar-refractivity contribution in [2.75, 3.05) is 13.1 Å². The maximum Gasteiger partial charge on any atom is 0.303 e. The molecule has 0 bridgehead atoms. The van der Waals surface area contributed by atoms with Crippen LogP contribution in [0.2, 0.25) is 0 Å². The maximum atomic E-state index is 11.8. The van der Waals surface area contributed by atoms with Crippen LogP contribution < -0.4 is 10.6 Å². The lowest BCUT2D eigenvalue weighted by Gasteiger charge is -2.23. The summed E-state index contributed by atoms with van der Waals surface area (Å²) in [5.74, 6) is -0.238. The summed E-state index contributed by atoms with van der Waals surface area (Å²) in [6.07, 6.45) is 4.35. The van der Waals surface area contributed by atoms with Crippen LogP contribution in [0.3, 0.4) is 0 Å². The van der Waals surface area contributed by atoms with Gasteiger partial charge in [-0.15, -0.1) is 0 Å². The first-order chi connectivity index (χ1) is 8.58. The van der Waals surface area contributed by atoms with E-state index in [2.05, 4.69) is 10.6 Å². The summed E-state index contributed by atoms with van der Waals surface area (Å²) in [5.41, 5.74) is 0. The molecule has 0 saturated carbocycles. The Hall–Kier alpha value is -1.10. The van der Waals surface area contributed by atoms with Crippen molar-refractivity contribution in [2.24, 2.45) is 5.92 Å². The lowest BCUT2D eigenvalue weighted by molar-refractivity contribution is -0.137. The molecule has 2 atom stereocenters. The van der Waals surface area contributed by atoms with Gasteiger partial charge < -0.3 is 15.7 Å². The van der Waals surface area contributed by atoms with Crippen LogP contribution in [-0.4, -0.2) is 36.1 Å². The van der Waals surface area contributed by atoms with Crippen molar-refractivity contribution in [3.05, 3.63) is 0 Å². The van der Waals surface area contributed by atoms with E-state index in [0.717, 1.165) is 32.4 Å². The number of carboxylic acids is 1. The summed E-state index contributed by atoms with van der Waals surface area (Å²) in [7, 11) is 0. The van der Waals surface area contributed by atoms with Gasteiger partial charge in [-0.05, 0) is 51.6 Å². The molecule has 1 heterocycles. The minimum Gasteiger partial charge on any atom is -0.481 e. The molecular weight excluding hydrogens is 232 g/mol.